The molecule has 3 aromatic rings. The van der Waals surface area contributed by atoms with Crippen molar-refractivity contribution in [3.63, 3.8) is 0 Å². The van der Waals surface area contributed by atoms with E-state index in [0.29, 0.717) is 6.04 Å². The van der Waals surface area contributed by atoms with Crippen molar-refractivity contribution >= 4 is 5.65 Å². The summed E-state index contributed by atoms with van der Waals surface area (Å²) in [6.45, 7) is 2.20. The van der Waals surface area contributed by atoms with Crippen LogP contribution in [0.25, 0.3) is 5.65 Å². The molecule has 0 bridgehead atoms. The highest BCUT2D eigenvalue weighted by molar-refractivity contribution is 5.36. The van der Waals surface area contributed by atoms with Gasteiger partial charge in [0.1, 0.15) is 0 Å². The van der Waals surface area contributed by atoms with E-state index in [1.165, 1.54) is 31.4 Å². The van der Waals surface area contributed by atoms with E-state index in [1.54, 1.807) is 0 Å². The Labute approximate surface area is 136 Å². The molecule has 3 heterocycles. The molecule has 1 atom stereocenters. The lowest BCUT2D eigenvalue weighted by Gasteiger charge is -2.35. The second-order valence-electron chi connectivity index (χ2n) is 6.34. The summed E-state index contributed by atoms with van der Waals surface area (Å²) in [5.74, 6) is 0.959. The molecule has 4 rings (SSSR count). The summed E-state index contributed by atoms with van der Waals surface area (Å²) in [7, 11) is 0. The van der Waals surface area contributed by atoms with Crippen LogP contribution in [0.4, 0.5) is 0 Å². The lowest BCUT2D eigenvalue weighted by Crippen LogP contribution is -2.40. The van der Waals surface area contributed by atoms with E-state index >= 15 is 0 Å². The summed E-state index contributed by atoms with van der Waals surface area (Å²) in [5.41, 5.74) is 2.33. The Morgan fingerprint density at radius 2 is 1.87 bits per heavy atom. The Morgan fingerprint density at radius 3 is 2.74 bits per heavy atom. The summed E-state index contributed by atoms with van der Waals surface area (Å²) in [6.07, 6.45) is 6.75. The van der Waals surface area contributed by atoms with Gasteiger partial charge in [-0.25, -0.2) is 9.50 Å². The summed E-state index contributed by atoms with van der Waals surface area (Å²) in [5, 5.41) is 4.63. The van der Waals surface area contributed by atoms with E-state index in [1.807, 2.05) is 28.9 Å². The first kappa shape index (κ1) is 14.4. The molecule has 0 radical (unpaired) electrons. The molecule has 0 aliphatic carbocycles. The third kappa shape index (κ3) is 3.27. The molecule has 1 aliphatic heterocycles. The Hall–Kier alpha value is -2.20. The second kappa shape index (κ2) is 6.50. The fourth-order valence-corrected chi connectivity index (χ4v) is 3.49. The fourth-order valence-electron chi connectivity index (χ4n) is 3.49. The van der Waals surface area contributed by atoms with Gasteiger partial charge in [0, 0.05) is 25.2 Å². The maximum Gasteiger partial charge on any atom is 0.155 e. The summed E-state index contributed by atoms with van der Waals surface area (Å²) in [6, 6.07) is 17.3. The number of hydrogen-bond acceptors (Lipinski definition) is 3. The zero-order chi connectivity index (χ0) is 15.5. The smallest absolute Gasteiger partial charge is 0.155 e. The topological polar surface area (TPSA) is 33.4 Å². The van der Waals surface area contributed by atoms with Crippen molar-refractivity contribution in [2.24, 2.45) is 0 Å². The molecule has 0 amide bonds. The van der Waals surface area contributed by atoms with Gasteiger partial charge in [0.2, 0.25) is 0 Å². The third-order valence-corrected chi connectivity index (χ3v) is 4.68. The van der Waals surface area contributed by atoms with Crippen LogP contribution in [0.15, 0.2) is 54.7 Å². The highest BCUT2D eigenvalue weighted by Crippen LogP contribution is 2.22. The van der Waals surface area contributed by atoms with Crippen LogP contribution in [0.5, 0.6) is 0 Å². The Bertz CT molecular complexity index is 732. The van der Waals surface area contributed by atoms with Gasteiger partial charge in [-0.15, -0.1) is 0 Å². The molecule has 1 fully saturated rings. The van der Waals surface area contributed by atoms with Gasteiger partial charge in [0.25, 0.3) is 0 Å². The van der Waals surface area contributed by atoms with Gasteiger partial charge in [-0.1, -0.05) is 42.8 Å². The Morgan fingerprint density at radius 1 is 1.00 bits per heavy atom. The average molecular weight is 306 g/mol. The standard InChI is InChI=1S/C19H22N4/c1-2-8-16(9-3-1)15-22-12-6-4-10-17(22)14-18-20-19-11-5-7-13-23(19)21-18/h1-3,5,7-9,11,13,17H,4,6,10,12,14-15H2. The maximum absolute atomic E-state index is 4.67. The quantitative estimate of drug-likeness (QED) is 0.741. The van der Waals surface area contributed by atoms with E-state index in [2.05, 4.69) is 45.3 Å². The van der Waals surface area contributed by atoms with Gasteiger partial charge >= 0.3 is 0 Å². The van der Waals surface area contributed by atoms with E-state index in [4.69, 9.17) is 0 Å². The monoisotopic (exact) mass is 306 g/mol. The van der Waals surface area contributed by atoms with Crippen molar-refractivity contribution < 1.29 is 0 Å². The zero-order valence-electron chi connectivity index (χ0n) is 13.3. The fraction of sp³-hybridized carbons (Fsp3) is 0.368. The third-order valence-electron chi connectivity index (χ3n) is 4.68. The number of hydrogen-bond donors (Lipinski definition) is 0. The molecule has 0 saturated carbocycles. The van der Waals surface area contributed by atoms with Gasteiger partial charge in [0.15, 0.2) is 11.5 Å². The van der Waals surface area contributed by atoms with Crippen LogP contribution in [0.2, 0.25) is 0 Å². The number of aromatic nitrogens is 3. The van der Waals surface area contributed by atoms with Crippen LogP contribution in [0.3, 0.4) is 0 Å². The number of benzene rings is 1. The number of nitrogens with zero attached hydrogens (tertiary/aromatic N) is 4. The summed E-state index contributed by atoms with van der Waals surface area (Å²) < 4.78 is 1.87. The molecule has 23 heavy (non-hydrogen) atoms. The van der Waals surface area contributed by atoms with Crippen molar-refractivity contribution in [3.05, 3.63) is 66.1 Å². The molecule has 118 valence electrons. The molecule has 4 heteroatoms. The van der Waals surface area contributed by atoms with E-state index in [-0.39, 0.29) is 0 Å². The van der Waals surface area contributed by atoms with Gasteiger partial charge in [-0.3, -0.25) is 4.90 Å². The SMILES string of the molecule is c1ccc(CN2CCCCC2Cc2nc3ccccn3n2)cc1. The molecule has 4 nitrogen and oxygen atoms in total. The first-order chi connectivity index (χ1) is 11.4. The summed E-state index contributed by atoms with van der Waals surface area (Å²) >= 11 is 0. The minimum absolute atomic E-state index is 0.543. The number of pyridine rings is 1. The van der Waals surface area contributed by atoms with Crippen LogP contribution in [-0.2, 0) is 13.0 Å². The zero-order valence-corrected chi connectivity index (χ0v) is 13.3. The van der Waals surface area contributed by atoms with Gasteiger partial charge in [-0.05, 0) is 37.1 Å². The van der Waals surface area contributed by atoms with E-state index in [0.717, 1.165) is 24.4 Å². The molecule has 1 unspecified atom stereocenters. The number of fused-ring (bicyclic) bond motifs is 1. The average Bonchev–Trinajstić information content (AvgIpc) is 3.00. The Balaban J connectivity index is 1.51. The van der Waals surface area contributed by atoms with Gasteiger partial charge in [-0.2, -0.15) is 5.10 Å². The second-order valence-corrected chi connectivity index (χ2v) is 6.34. The predicted molar refractivity (Wildman–Crippen MR) is 91.2 cm³/mol. The molecule has 1 saturated heterocycles. The minimum Gasteiger partial charge on any atom is -0.296 e. The van der Waals surface area contributed by atoms with Crippen LogP contribution in [0.1, 0.15) is 30.7 Å². The highest BCUT2D eigenvalue weighted by Gasteiger charge is 2.24. The largest absolute Gasteiger partial charge is 0.296 e. The van der Waals surface area contributed by atoms with Crippen LogP contribution in [-0.4, -0.2) is 32.1 Å². The van der Waals surface area contributed by atoms with Crippen molar-refractivity contribution in [3.8, 4) is 0 Å². The predicted octanol–water partition coefficient (Wildman–Crippen LogP) is 3.33. The van der Waals surface area contributed by atoms with Crippen LogP contribution < -0.4 is 0 Å². The van der Waals surface area contributed by atoms with Crippen molar-refractivity contribution in [1.82, 2.24) is 19.5 Å². The highest BCUT2D eigenvalue weighted by atomic mass is 15.3. The van der Waals surface area contributed by atoms with Gasteiger partial charge < -0.3 is 0 Å². The lowest BCUT2D eigenvalue weighted by molar-refractivity contribution is 0.137. The molecular weight excluding hydrogens is 284 g/mol. The van der Waals surface area contributed by atoms with E-state index < -0.39 is 0 Å². The summed E-state index contributed by atoms with van der Waals surface area (Å²) in [4.78, 5) is 7.28. The van der Waals surface area contributed by atoms with E-state index in [9.17, 15) is 0 Å². The number of rotatable bonds is 4. The van der Waals surface area contributed by atoms with Crippen molar-refractivity contribution in [1.29, 1.82) is 0 Å². The van der Waals surface area contributed by atoms with Crippen molar-refractivity contribution in [2.45, 2.75) is 38.3 Å². The Kier molecular flexibility index (Phi) is 4.07. The minimum atomic E-state index is 0.543. The molecule has 0 N–H and O–H groups in total. The van der Waals surface area contributed by atoms with Gasteiger partial charge in [0.05, 0.1) is 0 Å². The molecule has 1 aliphatic rings. The van der Waals surface area contributed by atoms with Crippen molar-refractivity contribution in [2.75, 3.05) is 6.54 Å². The maximum atomic E-state index is 4.67. The lowest BCUT2D eigenvalue weighted by atomic mass is 9.98. The first-order valence-corrected chi connectivity index (χ1v) is 8.47. The number of likely N-dealkylation sites (tertiary alicyclic amines) is 1. The normalized spacial score (nSPS) is 19.2. The molecule has 1 aromatic carbocycles. The molecule has 2 aromatic heterocycles. The van der Waals surface area contributed by atoms with Crippen LogP contribution in [0, 0.1) is 0 Å². The number of piperidine rings is 1. The molecular formula is C19H22N4. The molecule has 0 spiro atoms. The first-order valence-electron chi connectivity index (χ1n) is 8.47. The van der Waals surface area contributed by atoms with Crippen LogP contribution >= 0.6 is 0 Å².